The Balaban J connectivity index is 1.52. The number of rotatable bonds is 7. The number of ether oxygens (including phenoxy) is 1. The Morgan fingerprint density at radius 1 is 1.00 bits per heavy atom. The van der Waals surface area contributed by atoms with E-state index in [0.29, 0.717) is 24.4 Å². The monoisotopic (exact) mass is 348 g/mol. The Kier molecular flexibility index (Phi) is 5.87. The molecule has 3 rings (SSSR count). The van der Waals surface area contributed by atoms with Gasteiger partial charge in [-0.15, -0.1) is 0 Å². The van der Waals surface area contributed by atoms with Gasteiger partial charge in [0, 0.05) is 19.5 Å². The van der Waals surface area contributed by atoms with Crippen molar-refractivity contribution in [2.24, 2.45) is 0 Å². The molecule has 4 nitrogen and oxygen atoms in total. The van der Waals surface area contributed by atoms with E-state index in [2.05, 4.69) is 52.7 Å². The molecule has 0 radical (unpaired) electrons. The summed E-state index contributed by atoms with van der Waals surface area (Å²) in [4.78, 5) is 14.4. The molecule has 0 saturated heterocycles. The maximum Gasteiger partial charge on any atom is 0.225 e. The largest absolute Gasteiger partial charge is 0.495 e. The second-order valence-corrected chi connectivity index (χ2v) is 6.42. The Hall–Kier alpha value is -2.85. The average Bonchev–Trinajstić information content (AvgIpc) is 2.67. The molecule has 0 spiro atoms. The van der Waals surface area contributed by atoms with Gasteiger partial charge in [-0.1, -0.05) is 48.5 Å². The van der Waals surface area contributed by atoms with Crippen LogP contribution in [0.25, 0.3) is 10.8 Å². The van der Waals surface area contributed by atoms with Crippen molar-refractivity contribution in [2.45, 2.75) is 13.0 Å². The molecule has 0 fully saturated rings. The normalized spacial score (nSPS) is 10.9. The van der Waals surface area contributed by atoms with Gasteiger partial charge < -0.3 is 15.0 Å². The van der Waals surface area contributed by atoms with Crippen LogP contribution in [0.2, 0.25) is 0 Å². The lowest BCUT2D eigenvalue weighted by Crippen LogP contribution is -2.24. The van der Waals surface area contributed by atoms with E-state index in [1.807, 2.05) is 31.3 Å². The van der Waals surface area contributed by atoms with Crippen LogP contribution in [0, 0.1) is 0 Å². The molecule has 1 amide bonds. The van der Waals surface area contributed by atoms with Crippen LogP contribution in [0.15, 0.2) is 66.7 Å². The fraction of sp³-hybridized carbons (Fsp3) is 0.227. The summed E-state index contributed by atoms with van der Waals surface area (Å²) in [5.74, 6) is 0.658. The zero-order chi connectivity index (χ0) is 18.4. The fourth-order valence-corrected chi connectivity index (χ4v) is 2.98. The second-order valence-electron chi connectivity index (χ2n) is 6.42. The van der Waals surface area contributed by atoms with Gasteiger partial charge in [0.05, 0.1) is 12.8 Å². The Bertz CT molecular complexity index is 892. The van der Waals surface area contributed by atoms with E-state index < -0.39 is 0 Å². The zero-order valence-electron chi connectivity index (χ0n) is 15.2. The lowest BCUT2D eigenvalue weighted by atomic mass is 10.1. The van der Waals surface area contributed by atoms with E-state index in [-0.39, 0.29) is 5.91 Å². The first-order valence-electron chi connectivity index (χ1n) is 8.75. The second kappa shape index (κ2) is 8.50. The number of carbonyl (C=O) groups is 1. The summed E-state index contributed by atoms with van der Waals surface area (Å²) in [6, 6.07) is 22.3. The predicted octanol–water partition coefficient (Wildman–Crippen LogP) is 4.31. The molecule has 0 aliphatic carbocycles. The van der Waals surface area contributed by atoms with Crippen LogP contribution in [-0.2, 0) is 11.3 Å². The molecule has 0 saturated carbocycles. The Morgan fingerprint density at radius 2 is 1.73 bits per heavy atom. The molecule has 26 heavy (non-hydrogen) atoms. The van der Waals surface area contributed by atoms with Crippen LogP contribution in [0.5, 0.6) is 5.75 Å². The zero-order valence-corrected chi connectivity index (χ0v) is 15.2. The number of nitrogens with zero attached hydrogens (tertiary/aromatic N) is 1. The highest BCUT2D eigenvalue weighted by Gasteiger charge is 2.09. The van der Waals surface area contributed by atoms with Crippen molar-refractivity contribution in [3.63, 3.8) is 0 Å². The van der Waals surface area contributed by atoms with Crippen molar-refractivity contribution in [1.82, 2.24) is 4.90 Å². The summed E-state index contributed by atoms with van der Waals surface area (Å²) in [7, 11) is 3.63. The van der Waals surface area contributed by atoms with Crippen LogP contribution in [0.3, 0.4) is 0 Å². The van der Waals surface area contributed by atoms with Crippen LogP contribution in [0.4, 0.5) is 5.69 Å². The number of hydrogen-bond acceptors (Lipinski definition) is 3. The summed E-state index contributed by atoms with van der Waals surface area (Å²) < 4.78 is 5.26. The van der Waals surface area contributed by atoms with Gasteiger partial charge in [0.2, 0.25) is 5.91 Å². The number of para-hydroxylation sites is 2. The lowest BCUT2D eigenvalue weighted by Gasteiger charge is -2.17. The molecular weight excluding hydrogens is 324 g/mol. The minimum atomic E-state index is -0.0140. The fourth-order valence-electron chi connectivity index (χ4n) is 2.98. The van der Waals surface area contributed by atoms with Gasteiger partial charge in [-0.3, -0.25) is 4.79 Å². The highest BCUT2D eigenvalue weighted by atomic mass is 16.5. The van der Waals surface area contributed by atoms with Crippen molar-refractivity contribution in [3.8, 4) is 5.75 Å². The maximum atomic E-state index is 12.2. The van der Waals surface area contributed by atoms with E-state index in [1.165, 1.54) is 16.3 Å². The van der Waals surface area contributed by atoms with Crippen LogP contribution in [0.1, 0.15) is 12.0 Å². The highest BCUT2D eigenvalue weighted by molar-refractivity contribution is 5.92. The standard InChI is InChI=1S/C22H24N2O2/c1-24(16-17-11-12-18-7-3-4-8-19(18)15-17)14-13-22(25)23-20-9-5-6-10-21(20)26-2/h3-12,15H,13-14,16H2,1-2H3,(H,23,25). The van der Waals surface area contributed by atoms with Crippen molar-refractivity contribution in [3.05, 3.63) is 72.3 Å². The molecule has 3 aromatic carbocycles. The van der Waals surface area contributed by atoms with Gasteiger partial charge in [0.1, 0.15) is 5.75 Å². The number of carbonyl (C=O) groups excluding carboxylic acids is 1. The van der Waals surface area contributed by atoms with E-state index >= 15 is 0 Å². The highest BCUT2D eigenvalue weighted by Crippen LogP contribution is 2.23. The molecule has 0 atom stereocenters. The van der Waals surface area contributed by atoms with Gasteiger partial charge >= 0.3 is 0 Å². The molecule has 3 aromatic rings. The summed E-state index contributed by atoms with van der Waals surface area (Å²) >= 11 is 0. The van der Waals surface area contributed by atoms with Gasteiger partial charge in [-0.05, 0) is 41.6 Å². The van der Waals surface area contributed by atoms with E-state index in [4.69, 9.17) is 4.74 Å². The van der Waals surface area contributed by atoms with Crippen molar-refractivity contribution < 1.29 is 9.53 Å². The lowest BCUT2D eigenvalue weighted by molar-refractivity contribution is -0.116. The first kappa shape index (κ1) is 18.0. The van der Waals surface area contributed by atoms with Crippen LogP contribution >= 0.6 is 0 Å². The number of amides is 1. The number of methoxy groups -OCH3 is 1. The minimum Gasteiger partial charge on any atom is -0.495 e. The molecule has 0 aliphatic heterocycles. The minimum absolute atomic E-state index is 0.0140. The molecule has 0 unspecified atom stereocenters. The molecule has 134 valence electrons. The van der Waals surface area contributed by atoms with Crippen LogP contribution < -0.4 is 10.1 Å². The van der Waals surface area contributed by atoms with E-state index in [1.54, 1.807) is 7.11 Å². The maximum absolute atomic E-state index is 12.2. The molecular formula is C22H24N2O2. The van der Waals surface area contributed by atoms with Gasteiger partial charge in [-0.2, -0.15) is 0 Å². The Morgan fingerprint density at radius 3 is 2.54 bits per heavy atom. The van der Waals surface area contributed by atoms with Crippen molar-refractivity contribution in [1.29, 1.82) is 0 Å². The smallest absolute Gasteiger partial charge is 0.225 e. The molecule has 4 heteroatoms. The number of benzene rings is 3. The van der Waals surface area contributed by atoms with E-state index in [9.17, 15) is 4.79 Å². The summed E-state index contributed by atoms with van der Waals surface area (Å²) in [5, 5.41) is 5.40. The summed E-state index contributed by atoms with van der Waals surface area (Å²) in [6.45, 7) is 1.50. The van der Waals surface area contributed by atoms with Gasteiger partial charge in [0.25, 0.3) is 0 Å². The Labute approximate surface area is 154 Å². The summed E-state index contributed by atoms with van der Waals surface area (Å²) in [5.41, 5.74) is 1.95. The van der Waals surface area contributed by atoms with Crippen molar-refractivity contribution in [2.75, 3.05) is 26.0 Å². The number of anilines is 1. The molecule has 0 aromatic heterocycles. The van der Waals surface area contributed by atoms with Crippen LogP contribution in [-0.4, -0.2) is 31.5 Å². The first-order chi connectivity index (χ1) is 12.7. The third kappa shape index (κ3) is 4.61. The number of nitrogens with one attached hydrogen (secondary N) is 1. The summed E-state index contributed by atoms with van der Waals surface area (Å²) in [6.07, 6.45) is 0.433. The third-order valence-corrected chi connectivity index (χ3v) is 4.37. The molecule has 0 bridgehead atoms. The topological polar surface area (TPSA) is 41.6 Å². The SMILES string of the molecule is COc1ccccc1NC(=O)CCN(C)Cc1ccc2ccccc2c1. The number of hydrogen-bond donors (Lipinski definition) is 1. The molecule has 0 aliphatic rings. The number of fused-ring (bicyclic) bond motifs is 1. The molecule has 0 heterocycles. The quantitative estimate of drug-likeness (QED) is 0.692. The average molecular weight is 348 g/mol. The van der Waals surface area contributed by atoms with Gasteiger partial charge in [-0.25, -0.2) is 0 Å². The predicted molar refractivity (Wildman–Crippen MR) is 107 cm³/mol. The van der Waals surface area contributed by atoms with Crippen molar-refractivity contribution >= 4 is 22.4 Å². The molecule has 1 N–H and O–H groups in total. The van der Waals surface area contributed by atoms with Gasteiger partial charge in [0.15, 0.2) is 0 Å². The first-order valence-corrected chi connectivity index (χ1v) is 8.75. The third-order valence-electron chi connectivity index (χ3n) is 4.37. The van der Waals surface area contributed by atoms with E-state index in [0.717, 1.165) is 6.54 Å².